The fourth-order valence-electron chi connectivity index (χ4n) is 2.14. The van der Waals surface area contributed by atoms with Crippen LogP contribution in [0.1, 0.15) is 45.5 Å². The number of hydrogen-bond donors (Lipinski definition) is 0. The van der Waals surface area contributed by atoms with Gasteiger partial charge in [-0.2, -0.15) is 5.10 Å². The summed E-state index contributed by atoms with van der Waals surface area (Å²) in [6.07, 6.45) is 2.48. The van der Waals surface area contributed by atoms with Crippen molar-refractivity contribution in [1.29, 1.82) is 0 Å². The van der Waals surface area contributed by atoms with Gasteiger partial charge in [-0.25, -0.2) is 0 Å². The first-order chi connectivity index (χ1) is 7.34. The van der Waals surface area contributed by atoms with Crippen LogP contribution in [0.25, 0.3) is 0 Å². The molecule has 1 heterocycles. The van der Waals surface area contributed by atoms with Crippen molar-refractivity contribution in [3.63, 3.8) is 0 Å². The molecule has 0 aliphatic rings. The molecule has 0 saturated heterocycles. The molecule has 0 radical (unpaired) electrons. The number of hydrogen-bond acceptors (Lipinski definition) is 2. The maximum absolute atomic E-state index is 11.2. The van der Waals surface area contributed by atoms with E-state index in [4.69, 9.17) is 0 Å². The molecule has 1 aromatic heterocycles. The number of carbonyl (C=O) groups excluding carboxylic acids is 1. The molecule has 0 fully saturated rings. The maximum atomic E-state index is 11.2. The second-order valence-corrected chi connectivity index (χ2v) is 5.32. The van der Waals surface area contributed by atoms with Crippen LogP contribution >= 0.6 is 0 Å². The van der Waals surface area contributed by atoms with E-state index in [0.717, 1.165) is 18.5 Å². The minimum Gasteiger partial charge on any atom is -0.300 e. The number of ketones is 1. The molecule has 0 N–H and O–H groups in total. The third-order valence-corrected chi connectivity index (χ3v) is 2.78. The zero-order chi connectivity index (χ0) is 12.3. The van der Waals surface area contributed by atoms with E-state index in [-0.39, 0.29) is 11.2 Å². The van der Waals surface area contributed by atoms with Gasteiger partial charge in [0.2, 0.25) is 0 Å². The van der Waals surface area contributed by atoms with Crippen molar-refractivity contribution < 1.29 is 4.79 Å². The normalized spacial score (nSPS) is 11.8. The first kappa shape index (κ1) is 12.9. The molecule has 3 heteroatoms. The lowest BCUT2D eigenvalue weighted by atomic mass is 9.83. The Morgan fingerprint density at radius 1 is 1.50 bits per heavy atom. The van der Waals surface area contributed by atoms with Crippen molar-refractivity contribution in [2.24, 2.45) is 12.5 Å². The van der Waals surface area contributed by atoms with Gasteiger partial charge in [-0.05, 0) is 31.2 Å². The molecule has 1 rings (SSSR count). The summed E-state index contributed by atoms with van der Waals surface area (Å²) in [6, 6.07) is 2.14. The first-order valence-electron chi connectivity index (χ1n) is 5.85. The van der Waals surface area contributed by atoms with Gasteiger partial charge in [0.1, 0.15) is 5.78 Å². The molecule has 0 aromatic carbocycles. The maximum Gasteiger partial charge on any atom is 0.130 e. The van der Waals surface area contributed by atoms with Crippen LogP contribution in [0.3, 0.4) is 0 Å². The molecule has 16 heavy (non-hydrogen) atoms. The Balaban J connectivity index is 2.78. The van der Waals surface area contributed by atoms with E-state index in [2.05, 4.69) is 31.9 Å². The van der Waals surface area contributed by atoms with E-state index in [1.165, 1.54) is 5.69 Å². The summed E-state index contributed by atoms with van der Waals surface area (Å²) in [5.41, 5.74) is 2.35. The standard InChI is InChI=1S/C13H22N2O/c1-6-11-7-12(15(5)14-11)9-13(3,4)8-10(2)16/h7H,6,8-9H2,1-5H3. The van der Waals surface area contributed by atoms with Gasteiger partial charge in [0, 0.05) is 19.2 Å². The van der Waals surface area contributed by atoms with E-state index in [0.29, 0.717) is 6.42 Å². The Hall–Kier alpha value is -1.12. The molecule has 0 unspecified atom stereocenters. The number of aromatic nitrogens is 2. The van der Waals surface area contributed by atoms with Crippen molar-refractivity contribution in [2.75, 3.05) is 0 Å². The predicted molar refractivity (Wildman–Crippen MR) is 65.4 cm³/mol. The zero-order valence-corrected chi connectivity index (χ0v) is 11.0. The van der Waals surface area contributed by atoms with E-state index < -0.39 is 0 Å². The summed E-state index contributed by atoms with van der Waals surface area (Å²) < 4.78 is 1.93. The summed E-state index contributed by atoms with van der Waals surface area (Å²) in [4.78, 5) is 11.2. The van der Waals surface area contributed by atoms with Gasteiger partial charge < -0.3 is 4.79 Å². The van der Waals surface area contributed by atoms with Crippen molar-refractivity contribution in [3.8, 4) is 0 Å². The second-order valence-electron chi connectivity index (χ2n) is 5.32. The van der Waals surface area contributed by atoms with Crippen LogP contribution in [0.15, 0.2) is 6.07 Å². The van der Waals surface area contributed by atoms with Crippen LogP contribution in [-0.2, 0) is 24.7 Å². The topological polar surface area (TPSA) is 34.9 Å². The molecule has 3 nitrogen and oxygen atoms in total. The summed E-state index contributed by atoms with van der Waals surface area (Å²) in [5, 5.41) is 4.42. The molecule has 0 aliphatic heterocycles. The molecule has 1 aromatic rings. The Labute approximate surface area is 97.8 Å². The molecule has 0 spiro atoms. The van der Waals surface area contributed by atoms with Crippen molar-refractivity contribution in [2.45, 2.75) is 47.0 Å². The molecule has 90 valence electrons. The molecular formula is C13H22N2O. The number of Topliss-reactive ketones (excluding diaryl/α,β-unsaturated/α-hetero) is 1. The predicted octanol–water partition coefficient (Wildman–Crippen LogP) is 2.53. The fourth-order valence-corrected chi connectivity index (χ4v) is 2.14. The van der Waals surface area contributed by atoms with Gasteiger partial charge in [-0.15, -0.1) is 0 Å². The van der Waals surface area contributed by atoms with Crippen molar-refractivity contribution in [3.05, 3.63) is 17.5 Å². The van der Waals surface area contributed by atoms with Crippen LogP contribution in [0.2, 0.25) is 0 Å². The van der Waals surface area contributed by atoms with Crippen LogP contribution in [-0.4, -0.2) is 15.6 Å². The lowest BCUT2D eigenvalue weighted by Crippen LogP contribution is -2.20. The lowest BCUT2D eigenvalue weighted by Gasteiger charge is -2.22. The highest BCUT2D eigenvalue weighted by Gasteiger charge is 2.22. The van der Waals surface area contributed by atoms with Crippen LogP contribution in [0.4, 0.5) is 0 Å². The summed E-state index contributed by atoms with van der Waals surface area (Å²) in [5.74, 6) is 0.253. The monoisotopic (exact) mass is 222 g/mol. The van der Waals surface area contributed by atoms with Crippen LogP contribution in [0, 0.1) is 5.41 Å². The Kier molecular flexibility index (Phi) is 3.89. The smallest absolute Gasteiger partial charge is 0.130 e. The Bertz CT molecular complexity index is 377. The average molecular weight is 222 g/mol. The zero-order valence-electron chi connectivity index (χ0n) is 11.0. The third kappa shape index (κ3) is 3.47. The minimum atomic E-state index is 0.0185. The number of nitrogens with zero attached hydrogens (tertiary/aromatic N) is 2. The number of carbonyl (C=O) groups is 1. The van der Waals surface area contributed by atoms with Gasteiger partial charge in [0.15, 0.2) is 0 Å². The van der Waals surface area contributed by atoms with Crippen LogP contribution in [0.5, 0.6) is 0 Å². The quantitative estimate of drug-likeness (QED) is 0.767. The van der Waals surface area contributed by atoms with Crippen molar-refractivity contribution in [1.82, 2.24) is 9.78 Å². The summed E-state index contributed by atoms with van der Waals surface area (Å²) in [6.45, 7) is 8.02. The van der Waals surface area contributed by atoms with Gasteiger partial charge in [-0.3, -0.25) is 4.68 Å². The third-order valence-electron chi connectivity index (χ3n) is 2.78. The van der Waals surface area contributed by atoms with Gasteiger partial charge in [0.05, 0.1) is 5.69 Å². The molecule has 0 amide bonds. The van der Waals surface area contributed by atoms with E-state index >= 15 is 0 Å². The van der Waals surface area contributed by atoms with Gasteiger partial charge in [0.25, 0.3) is 0 Å². The van der Waals surface area contributed by atoms with E-state index in [9.17, 15) is 4.79 Å². The molecule has 0 saturated carbocycles. The fraction of sp³-hybridized carbons (Fsp3) is 0.692. The number of rotatable bonds is 5. The number of aryl methyl sites for hydroxylation is 2. The minimum absolute atomic E-state index is 0.0185. The van der Waals surface area contributed by atoms with E-state index in [1.807, 2.05) is 11.7 Å². The Morgan fingerprint density at radius 3 is 2.56 bits per heavy atom. The molecule has 0 bridgehead atoms. The SMILES string of the molecule is CCc1cc(CC(C)(C)CC(C)=O)n(C)n1. The molecule has 0 atom stereocenters. The highest BCUT2D eigenvalue weighted by molar-refractivity contribution is 5.76. The van der Waals surface area contributed by atoms with Gasteiger partial charge >= 0.3 is 0 Å². The van der Waals surface area contributed by atoms with Crippen molar-refractivity contribution >= 4 is 5.78 Å². The van der Waals surface area contributed by atoms with E-state index in [1.54, 1.807) is 6.92 Å². The average Bonchev–Trinajstić information content (AvgIpc) is 2.44. The van der Waals surface area contributed by atoms with Crippen LogP contribution < -0.4 is 0 Å². The lowest BCUT2D eigenvalue weighted by molar-refractivity contribution is -0.118. The molecular weight excluding hydrogens is 200 g/mol. The first-order valence-corrected chi connectivity index (χ1v) is 5.85. The second kappa shape index (κ2) is 4.81. The Morgan fingerprint density at radius 2 is 2.12 bits per heavy atom. The largest absolute Gasteiger partial charge is 0.300 e. The summed E-state index contributed by atoms with van der Waals surface area (Å²) in [7, 11) is 1.97. The highest BCUT2D eigenvalue weighted by Crippen LogP contribution is 2.26. The highest BCUT2D eigenvalue weighted by atomic mass is 16.1. The van der Waals surface area contributed by atoms with Gasteiger partial charge in [-0.1, -0.05) is 20.8 Å². The summed E-state index contributed by atoms with van der Waals surface area (Å²) >= 11 is 0. The molecule has 0 aliphatic carbocycles.